The number of phenols is 2. The van der Waals surface area contributed by atoms with Gasteiger partial charge in [-0.3, -0.25) is 0 Å². The molecule has 0 saturated carbocycles. The molecule has 8 aromatic rings. The van der Waals surface area contributed by atoms with Crippen LogP contribution in [0.1, 0.15) is 95.8 Å². The number of nitrogens with zero attached hydrogens (tertiary/aromatic N) is 5. The van der Waals surface area contributed by atoms with E-state index in [1.54, 1.807) is 21.9 Å². The number of halogens is 2. The number of aromatic hydroxyl groups is 2. The second-order valence-electron chi connectivity index (χ2n) is 22.2. The summed E-state index contributed by atoms with van der Waals surface area (Å²) in [4.78, 5) is 63.8. The Hall–Kier alpha value is -5.30. The Balaban J connectivity index is 0.000000167. The summed E-state index contributed by atoms with van der Waals surface area (Å²) in [5.41, 5.74) is 7.82. The van der Waals surface area contributed by atoms with Crippen LogP contribution in [0.5, 0.6) is 11.5 Å². The van der Waals surface area contributed by atoms with E-state index in [1.807, 2.05) is 62.4 Å². The molecule has 0 radical (unpaired) electrons. The molecule has 79 heavy (non-hydrogen) atoms. The van der Waals surface area contributed by atoms with Crippen LogP contribution in [0.15, 0.2) is 97.1 Å². The summed E-state index contributed by atoms with van der Waals surface area (Å²) in [6.45, 7) is 13.1. The number of anilines is 2. The third-order valence-electron chi connectivity index (χ3n) is 16.5. The minimum absolute atomic E-state index is 0.00542. The van der Waals surface area contributed by atoms with Crippen LogP contribution in [0.4, 0.5) is 11.4 Å². The molecular weight excluding hydrogens is 1160 g/mol. The van der Waals surface area contributed by atoms with Gasteiger partial charge >= 0.3 is 480 Å². The molecular formula is C64H67Cl2N5O6Se2. The van der Waals surface area contributed by atoms with Gasteiger partial charge in [0.2, 0.25) is 0 Å². The zero-order chi connectivity index (χ0) is 55.1. The summed E-state index contributed by atoms with van der Waals surface area (Å²) in [5.74, 6) is 1.66. The van der Waals surface area contributed by atoms with Crippen LogP contribution >= 0.6 is 23.2 Å². The van der Waals surface area contributed by atoms with Gasteiger partial charge in [-0.15, -0.1) is 0 Å². The van der Waals surface area contributed by atoms with E-state index in [2.05, 4.69) is 58.1 Å². The number of Topliss-reactive ketones (excluding diaryl/α,β-unsaturated/α-hetero) is 2. The first-order chi connectivity index (χ1) is 38.2. The van der Waals surface area contributed by atoms with E-state index >= 15 is 0 Å². The fourth-order valence-corrected chi connectivity index (χ4v) is 16.8. The number of amides is 2. The normalized spacial score (nSPS) is 17.9. The van der Waals surface area contributed by atoms with Crippen LogP contribution in [0.3, 0.4) is 0 Å². The number of rotatable bonds is 14. The number of phenolic OH excluding ortho intramolecular Hbond substituents is 2. The van der Waals surface area contributed by atoms with Gasteiger partial charge in [0.05, 0.1) is 0 Å². The number of fused-ring (bicyclic) bond motifs is 8. The first-order valence-electron chi connectivity index (χ1n) is 27.7. The quantitative estimate of drug-likeness (QED) is 0.0809. The van der Waals surface area contributed by atoms with E-state index in [-0.39, 0.29) is 75.7 Å². The van der Waals surface area contributed by atoms with Gasteiger partial charge in [0.1, 0.15) is 0 Å². The number of carbonyl (C=O) groups is 4. The predicted octanol–water partition coefficient (Wildman–Crippen LogP) is 10.8. The molecule has 6 aromatic carbocycles. The van der Waals surface area contributed by atoms with Crippen molar-refractivity contribution < 1.29 is 29.4 Å². The Bertz CT molecular complexity index is 3660. The molecule has 2 amide bonds. The monoisotopic (exact) mass is 1230 g/mol. The Morgan fingerprint density at radius 3 is 1.42 bits per heavy atom. The van der Waals surface area contributed by atoms with Crippen LogP contribution in [0.2, 0.25) is 0 Å². The first kappa shape index (κ1) is 55.6. The summed E-state index contributed by atoms with van der Waals surface area (Å²) in [6, 6.07) is 31.8. The second kappa shape index (κ2) is 24.0. The molecule has 0 unspecified atom stereocenters. The number of likely N-dealkylation sites (N-methyl/N-ethyl adjacent to an activating group) is 1. The van der Waals surface area contributed by atoms with Gasteiger partial charge in [-0.2, -0.15) is 0 Å². The van der Waals surface area contributed by atoms with E-state index in [1.165, 1.54) is 23.5 Å². The van der Waals surface area contributed by atoms with Crippen molar-refractivity contribution in [2.75, 3.05) is 94.1 Å². The Morgan fingerprint density at radius 2 is 0.975 bits per heavy atom. The van der Waals surface area contributed by atoms with Crippen molar-refractivity contribution in [3.63, 3.8) is 0 Å². The van der Waals surface area contributed by atoms with Crippen molar-refractivity contribution in [3.8, 4) is 11.5 Å². The van der Waals surface area contributed by atoms with Crippen molar-refractivity contribution in [2.24, 2.45) is 0 Å². The van der Waals surface area contributed by atoms with E-state index < -0.39 is 0 Å². The fourth-order valence-electron chi connectivity index (χ4n) is 12.2. The Labute approximate surface area is 484 Å². The average Bonchev–Trinajstić information content (AvgIpc) is 4.47. The molecule has 12 rings (SSSR count). The number of carbonyl (C=O) groups excluding carboxylic acids is 4. The standard InChI is InChI=1S/C32H34ClN3O3Se.C32H33ClN2O3Se/c1-20-3-5-25-26(13-20)31-23(18-33)19-36(27(31)17-28(25)38)32(39)30-16-22-14-21(4-6-29(22)40-30)15-24(37)7-8-35-11-9-34(2)10-12-35;1-20-5-7-25-26(13-20)31-23(18-33)19-35(27(31)17-28(25)37)32(38)30-16-22-14-21(6-8-29(22)39-30)15-24(36)9-12-34-10-3-2-4-11-34/h3-6,13-14,16-17,23,38H,7-12,15,18-19H2,1-2H3;5-8,13-14,16-17,23,37H,2-4,9-12,15,18-19H2,1H3/t2*23-/m11/s1. The number of aryl methyl sites for hydroxylation is 2. The third kappa shape index (κ3) is 11.9. The molecule has 2 saturated heterocycles. The molecule has 11 nitrogen and oxygen atoms in total. The van der Waals surface area contributed by atoms with Crippen LogP contribution < -0.4 is 9.80 Å². The van der Waals surface area contributed by atoms with Gasteiger partial charge in [0.15, 0.2) is 0 Å². The molecule has 4 aliphatic heterocycles. The van der Waals surface area contributed by atoms with Crippen LogP contribution in [0.25, 0.3) is 40.8 Å². The minimum atomic E-state index is -0.120. The number of likely N-dealkylation sites (tertiary alicyclic amines) is 1. The van der Waals surface area contributed by atoms with Crippen molar-refractivity contribution in [1.29, 1.82) is 0 Å². The topological polar surface area (TPSA) is 125 Å². The number of alkyl halides is 2. The Morgan fingerprint density at radius 1 is 0.532 bits per heavy atom. The molecule has 2 fully saturated rings. The molecule has 0 spiro atoms. The number of piperidine rings is 1. The van der Waals surface area contributed by atoms with Crippen LogP contribution in [-0.4, -0.2) is 162 Å². The number of hydrogen-bond acceptors (Lipinski definition) is 9. The van der Waals surface area contributed by atoms with Crippen molar-refractivity contribution in [3.05, 3.63) is 139 Å². The average molecular weight is 1230 g/mol. The summed E-state index contributed by atoms with van der Waals surface area (Å²) >= 11 is 12.6. The first-order valence-corrected chi connectivity index (χ1v) is 32.2. The molecule has 410 valence electrons. The number of ketones is 2. The van der Waals surface area contributed by atoms with Crippen molar-refractivity contribution >= 4 is 128 Å². The molecule has 2 N–H and O–H groups in total. The number of benzene rings is 6. The van der Waals surface area contributed by atoms with Crippen LogP contribution in [-0.2, 0) is 22.4 Å². The zero-order valence-electron chi connectivity index (χ0n) is 45.2. The predicted molar refractivity (Wildman–Crippen MR) is 324 cm³/mol. The molecule has 0 aliphatic carbocycles. The molecule has 2 atom stereocenters. The fraction of sp³-hybridized carbons (Fsp3) is 0.375. The summed E-state index contributed by atoms with van der Waals surface area (Å²) in [5, 5.41) is 27.2. The van der Waals surface area contributed by atoms with Gasteiger partial charge < -0.3 is 0 Å². The van der Waals surface area contributed by atoms with Crippen molar-refractivity contribution in [1.82, 2.24) is 14.7 Å². The summed E-state index contributed by atoms with van der Waals surface area (Å²) < 4.78 is 3.90. The molecule has 0 bridgehead atoms. The van der Waals surface area contributed by atoms with Crippen molar-refractivity contribution in [2.45, 2.75) is 70.6 Å². The van der Waals surface area contributed by atoms with Gasteiger partial charge in [-0.25, -0.2) is 0 Å². The maximum absolute atomic E-state index is 13.9. The third-order valence-corrected chi connectivity index (χ3v) is 21.9. The van der Waals surface area contributed by atoms with Crippen LogP contribution in [0, 0.1) is 13.8 Å². The SMILES string of the molecule is Cc1ccc2c(O)cc3c(c2c1)[C@H](CCl)CN3C(=O)c1cc2cc(CC(=O)CCN3CCCCC3)ccc2[se]1.Cc1ccc2c(O)cc3c(c2c1)[C@H](CCl)CN3C(=O)c1cc2cc(CC(=O)CCN3CCN(C)CC3)ccc2[se]1. The van der Waals surface area contributed by atoms with Gasteiger partial charge in [0, 0.05) is 0 Å². The second-order valence-corrected chi connectivity index (χ2v) is 27.4. The molecule has 6 heterocycles. The van der Waals surface area contributed by atoms with E-state index in [0.29, 0.717) is 50.5 Å². The van der Waals surface area contributed by atoms with Gasteiger partial charge in [-0.1, -0.05) is 0 Å². The summed E-state index contributed by atoms with van der Waals surface area (Å²) in [7, 11) is 2.14. The van der Waals surface area contributed by atoms with Gasteiger partial charge in [-0.05, 0) is 7.05 Å². The molecule has 4 aliphatic rings. The number of piperazine rings is 1. The molecule has 15 heteroatoms. The van der Waals surface area contributed by atoms with E-state index in [9.17, 15) is 29.4 Å². The summed E-state index contributed by atoms with van der Waals surface area (Å²) in [6.07, 6.45) is 5.80. The molecule has 2 aromatic heterocycles. The van der Waals surface area contributed by atoms with E-state index in [4.69, 9.17) is 23.2 Å². The number of hydrogen-bond donors (Lipinski definition) is 2. The Kier molecular flexibility index (Phi) is 16.9. The maximum atomic E-state index is 13.9. The van der Waals surface area contributed by atoms with E-state index in [0.717, 1.165) is 143 Å². The van der Waals surface area contributed by atoms with Gasteiger partial charge in [0.25, 0.3) is 0 Å². The zero-order valence-corrected chi connectivity index (χ0v) is 50.1.